The van der Waals surface area contributed by atoms with E-state index < -0.39 is 36.0 Å². The van der Waals surface area contributed by atoms with E-state index in [1.165, 1.54) is 42.2 Å². The highest BCUT2D eigenvalue weighted by Gasteiger charge is 2.40. The van der Waals surface area contributed by atoms with Crippen LogP contribution < -0.4 is 10.6 Å². The first-order valence-corrected chi connectivity index (χ1v) is 10.2. The lowest BCUT2D eigenvalue weighted by Gasteiger charge is -2.36. The van der Waals surface area contributed by atoms with Crippen molar-refractivity contribution < 1.29 is 27.8 Å². The molecule has 3 aromatic rings. The maximum absolute atomic E-state index is 13.4. The fourth-order valence-electron chi connectivity index (χ4n) is 4.16. The van der Waals surface area contributed by atoms with Crippen LogP contribution in [0.3, 0.4) is 0 Å². The second kappa shape index (κ2) is 8.77. The van der Waals surface area contributed by atoms with E-state index in [9.17, 15) is 33.1 Å². The molecular weight excluding hydrogens is 467 g/mol. The molecule has 2 heterocycles. The van der Waals surface area contributed by atoms with Crippen LogP contribution in [0, 0.1) is 11.3 Å². The maximum Gasteiger partial charge on any atom is 0.416 e. The zero-order valence-electron chi connectivity index (χ0n) is 18.4. The standard InChI is InChI=1S/C23H18F3N5O4/c1-12-18(20(33)35-2)19(17-7-6-13(10-27)8-14(17)11-32)31-21(28-29-22(31)34)30(12)16-5-3-4-15(9-16)23(24,25)26/h3-9,19,32H,11H2,1-2H3,(H,29,34)/t19-/m1/s1. The van der Waals surface area contributed by atoms with Crippen LogP contribution in [0.1, 0.15) is 35.2 Å². The minimum absolute atomic E-state index is 0.0136. The monoisotopic (exact) mass is 485 g/mol. The number of alkyl halides is 3. The summed E-state index contributed by atoms with van der Waals surface area (Å²) in [5.74, 6) is -0.908. The number of halogens is 3. The van der Waals surface area contributed by atoms with E-state index in [1.807, 2.05) is 6.07 Å². The summed E-state index contributed by atoms with van der Waals surface area (Å²) in [6.45, 7) is 0.985. The van der Waals surface area contributed by atoms with Crippen molar-refractivity contribution in [3.05, 3.63) is 86.5 Å². The number of aromatic amines is 1. The summed E-state index contributed by atoms with van der Waals surface area (Å²) >= 11 is 0. The van der Waals surface area contributed by atoms with E-state index in [0.717, 1.165) is 23.8 Å². The lowest BCUT2D eigenvalue weighted by atomic mass is 9.90. The molecule has 0 aliphatic carbocycles. The average Bonchev–Trinajstić information content (AvgIpc) is 3.22. The number of nitriles is 1. The number of aromatic nitrogens is 3. The molecule has 1 atom stereocenters. The van der Waals surface area contributed by atoms with E-state index in [1.54, 1.807) is 0 Å². The Labute approximate surface area is 196 Å². The molecule has 0 fully saturated rings. The molecule has 0 saturated heterocycles. The number of hydrogen-bond acceptors (Lipinski definition) is 7. The first kappa shape index (κ1) is 23.8. The molecule has 180 valence electrons. The van der Waals surface area contributed by atoms with Gasteiger partial charge >= 0.3 is 17.8 Å². The highest BCUT2D eigenvalue weighted by atomic mass is 19.4. The second-order valence-corrected chi connectivity index (χ2v) is 7.66. The molecule has 2 aromatic carbocycles. The van der Waals surface area contributed by atoms with Gasteiger partial charge in [-0.15, -0.1) is 5.10 Å². The number of esters is 1. The summed E-state index contributed by atoms with van der Waals surface area (Å²) in [6.07, 6.45) is -4.62. The normalized spacial score (nSPS) is 15.6. The van der Waals surface area contributed by atoms with Crippen LogP contribution in [-0.2, 0) is 22.3 Å². The zero-order valence-corrected chi connectivity index (χ0v) is 18.4. The van der Waals surface area contributed by atoms with Gasteiger partial charge in [0.2, 0.25) is 5.95 Å². The van der Waals surface area contributed by atoms with Crippen LogP contribution in [0.2, 0.25) is 0 Å². The highest BCUT2D eigenvalue weighted by molar-refractivity contribution is 5.93. The molecule has 0 radical (unpaired) electrons. The van der Waals surface area contributed by atoms with Gasteiger partial charge < -0.3 is 9.84 Å². The summed E-state index contributed by atoms with van der Waals surface area (Å²) in [5.41, 5.74) is -0.706. The SMILES string of the molecule is COC(=O)C1=C(C)N(c2cccc(C(F)(F)F)c2)c2n[nH]c(=O)n2[C@@H]1c1ccc(C#N)cc1CO. The van der Waals surface area contributed by atoms with Crippen molar-refractivity contribution in [2.45, 2.75) is 25.7 Å². The molecule has 1 aliphatic rings. The second-order valence-electron chi connectivity index (χ2n) is 7.66. The molecule has 9 nitrogen and oxygen atoms in total. The Bertz CT molecular complexity index is 1450. The van der Waals surface area contributed by atoms with Crippen LogP contribution >= 0.6 is 0 Å². The van der Waals surface area contributed by atoms with Crippen LogP contribution in [0.4, 0.5) is 24.8 Å². The van der Waals surface area contributed by atoms with Crippen LogP contribution in [0.25, 0.3) is 0 Å². The molecule has 0 saturated carbocycles. The summed E-state index contributed by atoms with van der Waals surface area (Å²) in [7, 11) is 1.13. The van der Waals surface area contributed by atoms with Crippen molar-refractivity contribution in [1.82, 2.24) is 14.8 Å². The van der Waals surface area contributed by atoms with Crippen molar-refractivity contribution in [2.24, 2.45) is 0 Å². The molecule has 0 amide bonds. The Balaban J connectivity index is 2.03. The van der Waals surface area contributed by atoms with Gasteiger partial charge in [0.15, 0.2) is 0 Å². The number of nitrogens with one attached hydrogen (secondary N) is 1. The maximum atomic E-state index is 13.4. The number of methoxy groups -OCH3 is 1. The number of anilines is 2. The molecule has 12 heteroatoms. The minimum atomic E-state index is -4.62. The summed E-state index contributed by atoms with van der Waals surface area (Å²) in [5, 5.41) is 25.5. The van der Waals surface area contributed by atoms with Gasteiger partial charge in [0, 0.05) is 11.4 Å². The van der Waals surface area contributed by atoms with Crippen LogP contribution in [0.15, 0.2) is 58.5 Å². The fourth-order valence-corrected chi connectivity index (χ4v) is 4.16. The third kappa shape index (κ3) is 3.95. The number of H-pyrrole nitrogens is 1. The van der Waals surface area contributed by atoms with Crippen LogP contribution in [-0.4, -0.2) is 33.0 Å². The zero-order chi connectivity index (χ0) is 25.5. The van der Waals surface area contributed by atoms with Gasteiger partial charge in [0.05, 0.1) is 36.5 Å². The van der Waals surface area contributed by atoms with Gasteiger partial charge in [0.1, 0.15) is 6.04 Å². The summed E-state index contributed by atoms with van der Waals surface area (Å²) in [4.78, 5) is 27.1. The van der Waals surface area contributed by atoms with E-state index >= 15 is 0 Å². The highest BCUT2D eigenvalue weighted by Crippen LogP contribution is 2.43. The van der Waals surface area contributed by atoms with Crippen molar-refractivity contribution >= 4 is 17.6 Å². The molecule has 0 spiro atoms. The smallest absolute Gasteiger partial charge is 0.416 e. The van der Waals surface area contributed by atoms with E-state index in [-0.39, 0.29) is 34.0 Å². The molecule has 0 bridgehead atoms. The van der Waals surface area contributed by atoms with E-state index in [4.69, 9.17) is 4.74 Å². The van der Waals surface area contributed by atoms with Gasteiger partial charge in [-0.1, -0.05) is 12.1 Å². The Kier molecular flexibility index (Phi) is 5.96. The molecule has 0 unspecified atom stereocenters. The average molecular weight is 485 g/mol. The molecule has 35 heavy (non-hydrogen) atoms. The number of nitrogens with zero attached hydrogens (tertiary/aromatic N) is 4. The van der Waals surface area contributed by atoms with Gasteiger partial charge in [0.25, 0.3) is 0 Å². The third-order valence-electron chi connectivity index (χ3n) is 5.72. The fraction of sp³-hybridized carbons (Fsp3) is 0.217. The minimum Gasteiger partial charge on any atom is -0.466 e. The Morgan fingerprint density at radius 2 is 2.03 bits per heavy atom. The van der Waals surface area contributed by atoms with Crippen molar-refractivity contribution in [3.8, 4) is 6.07 Å². The lowest BCUT2D eigenvalue weighted by Crippen LogP contribution is -2.38. The Morgan fingerprint density at radius 3 is 2.66 bits per heavy atom. The molecule has 1 aliphatic heterocycles. The molecular formula is C23H18F3N5O4. The number of fused-ring (bicyclic) bond motifs is 1. The number of carbonyl (C=O) groups is 1. The van der Waals surface area contributed by atoms with E-state index in [2.05, 4.69) is 10.2 Å². The number of hydrogen-bond donors (Lipinski definition) is 2. The number of benzene rings is 2. The number of ether oxygens (including phenoxy) is 1. The van der Waals surface area contributed by atoms with Crippen molar-refractivity contribution in [2.75, 3.05) is 12.0 Å². The van der Waals surface area contributed by atoms with E-state index in [0.29, 0.717) is 5.56 Å². The van der Waals surface area contributed by atoms with Crippen molar-refractivity contribution in [1.29, 1.82) is 5.26 Å². The van der Waals surface area contributed by atoms with Gasteiger partial charge in [-0.05, 0) is 48.4 Å². The quantitative estimate of drug-likeness (QED) is 0.544. The first-order chi connectivity index (χ1) is 16.6. The largest absolute Gasteiger partial charge is 0.466 e. The number of allylic oxidation sites excluding steroid dienone is 1. The molecule has 1 aromatic heterocycles. The number of aliphatic hydroxyl groups excluding tert-OH is 1. The van der Waals surface area contributed by atoms with Crippen LogP contribution in [0.5, 0.6) is 0 Å². The third-order valence-corrected chi connectivity index (χ3v) is 5.72. The topological polar surface area (TPSA) is 124 Å². The summed E-state index contributed by atoms with van der Waals surface area (Å²) in [6, 6.07) is 9.56. The summed E-state index contributed by atoms with van der Waals surface area (Å²) < 4.78 is 46.2. The number of aliphatic hydroxyl groups is 1. The lowest BCUT2D eigenvalue weighted by molar-refractivity contribution is -0.138. The van der Waals surface area contributed by atoms with Gasteiger partial charge in [-0.25, -0.2) is 19.3 Å². The van der Waals surface area contributed by atoms with Gasteiger partial charge in [-0.2, -0.15) is 18.4 Å². The first-order valence-electron chi connectivity index (χ1n) is 10.2. The number of carbonyl (C=O) groups excluding carboxylic acids is 1. The predicted octanol–water partition coefficient (Wildman–Crippen LogP) is 3.14. The molecule has 2 N–H and O–H groups in total. The predicted molar refractivity (Wildman–Crippen MR) is 116 cm³/mol. The van der Waals surface area contributed by atoms with Gasteiger partial charge in [-0.3, -0.25) is 4.90 Å². The Morgan fingerprint density at radius 1 is 1.29 bits per heavy atom. The van der Waals surface area contributed by atoms with Crippen molar-refractivity contribution in [3.63, 3.8) is 0 Å². The number of rotatable bonds is 4. The Hall–Kier alpha value is -4.37. The molecule has 4 rings (SSSR count).